The Morgan fingerprint density at radius 3 is 2.67 bits per heavy atom. The van der Waals surface area contributed by atoms with Crippen LogP contribution in [0.3, 0.4) is 0 Å². The molecule has 4 heteroatoms. The number of rotatable bonds is 7. The Labute approximate surface area is 109 Å². The summed E-state index contributed by atoms with van der Waals surface area (Å²) in [5.41, 5.74) is 6.59. The van der Waals surface area contributed by atoms with Gasteiger partial charge in [0, 0.05) is 12.6 Å². The lowest BCUT2D eigenvalue weighted by atomic mass is 10.1. The maximum Gasteiger partial charge on any atom is 0.165 e. The van der Waals surface area contributed by atoms with Gasteiger partial charge in [-0.05, 0) is 51.6 Å². The Kier molecular flexibility index (Phi) is 6.09. The van der Waals surface area contributed by atoms with E-state index in [0.29, 0.717) is 18.8 Å². The molecule has 1 unspecified atom stereocenters. The van der Waals surface area contributed by atoms with Gasteiger partial charge in [0.05, 0.1) is 6.61 Å². The highest BCUT2D eigenvalue weighted by Crippen LogP contribution is 2.19. The van der Waals surface area contributed by atoms with Crippen molar-refractivity contribution >= 4 is 0 Å². The van der Waals surface area contributed by atoms with Crippen LogP contribution in [0.2, 0.25) is 0 Å². The predicted octanol–water partition coefficient (Wildman–Crippen LogP) is 2.05. The van der Waals surface area contributed by atoms with E-state index >= 15 is 0 Å². The van der Waals surface area contributed by atoms with Crippen LogP contribution in [0.4, 0.5) is 4.39 Å². The lowest BCUT2D eigenvalue weighted by molar-refractivity contribution is 0.271. The first-order valence-electron chi connectivity index (χ1n) is 6.30. The summed E-state index contributed by atoms with van der Waals surface area (Å²) in [6, 6.07) is 5.09. The fraction of sp³-hybridized carbons (Fsp3) is 0.571. The summed E-state index contributed by atoms with van der Waals surface area (Å²) in [7, 11) is 4.01. The first kappa shape index (κ1) is 14.9. The lowest BCUT2D eigenvalue weighted by Gasteiger charge is -2.12. The summed E-state index contributed by atoms with van der Waals surface area (Å²) in [4.78, 5) is 2.07. The second kappa shape index (κ2) is 7.34. The predicted molar refractivity (Wildman–Crippen MR) is 72.4 cm³/mol. The number of nitrogens with zero attached hydrogens (tertiary/aromatic N) is 1. The molecule has 1 aromatic carbocycles. The van der Waals surface area contributed by atoms with Crippen LogP contribution >= 0.6 is 0 Å². The van der Waals surface area contributed by atoms with E-state index in [1.807, 2.05) is 27.1 Å². The quantitative estimate of drug-likeness (QED) is 0.757. The van der Waals surface area contributed by atoms with Crippen molar-refractivity contribution in [3.63, 3.8) is 0 Å². The highest BCUT2D eigenvalue weighted by atomic mass is 19.1. The van der Waals surface area contributed by atoms with Crippen molar-refractivity contribution in [3.8, 4) is 5.75 Å². The maximum atomic E-state index is 13.7. The van der Waals surface area contributed by atoms with Gasteiger partial charge in [-0.1, -0.05) is 6.07 Å². The van der Waals surface area contributed by atoms with E-state index in [4.69, 9.17) is 10.5 Å². The van der Waals surface area contributed by atoms with Crippen molar-refractivity contribution in [1.29, 1.82) is 0 Å². The molecule has 3 nitrogen and oxygen atoms in total. The van der Waals surface area contributed by atoms with E-state index in [0.717, 1.165) is 18.5 Å². The molecule has 1 atom stereocenters. The van der Waals surface area contributed by atoms with E-state index in [1.54, 1.807) is 6.07 Å². The summed E-state index contributed by atoms with van der Waals surface area (Å²) in [5.74, 6) is 0.0141. The molecule has 0 aliphatic carbocycles. The second-order valence-corrected chi connectivity index (χ2v) is 4.95. The Balaban J connectivity index is 2.47. The van der Waals surface area contributed by atoms with Crippen molar-refractivity contribution in [2.75, 3.05) is 27.2 Å². The lowest BCUT2D eigenvalue weighted by Crippen LogP contribution is -2.18. The van der Waals surface area contributed by atoms with Gasteiger partial charge in [-0.15, -0.1) is 0 Å². The first-order chi connectivity index (χ1) is 8.49. The number of halogens is 1. The molecule has 102 valence electrons. The van der Waals surface area contributed by atoms with Crippen LogP contribution in [-0.4, -0.2) is 38.2 Å². The molecule has 0 saturated heterocycles. The van der Waals surface area contributed by atoms with E-state index in [2.05, 4.69) is 4.90 Å². The zero-order chi connectivity index (χ0) is 13.5. The molecule has 0 heterocycles. The van der Waals surface area contributed by atoms with Gasteiger partial charge in [-0.25, -0.2) is 4.39 Å². The van der Waals surface area contributed by atoms with Crippen molar-refractivity contribution in [3.05, 3.63) is 29.6 Å². The molecule has 0 spiro atoms. The number of nitrogens with two attached hydrogens (primary N) is 1. The highest BCUT2D eigenvalue weighted by Gasteiger charge is 2.06. The zero-order valence-corrected chi connectivity index (χ0v) is 11.4. The van der Waals surface area contributed by atoms with E-state index in [1.165, 1.54) is 6.07 Å². The van der Waals surface area contributed by atoms with Gasteiger partial charge in [0.1, 0.15) is 0 Å². The number of hydrogen-bond donors (Lipinski definition) is 1. The smallest absolute Gasteiger partial charge is 0.165 e. The van der Waals surface area contributed by atoms with Crippen LogP contribution in [0.5, 0.6) is 5.75 Å². The minimum Gasteiger partial charge on any atom is -0.490 e. The Bertz CT molecular complexity index is 367. The van der Waals surface area contributed by atoms with Gasteiger partial charge in [0.15, 0.2) is 11.6 Å². The molecule has 1 rings (SSSR count). The molecule has 0 saturated carbocycles. The largest absolute Gasteiger partial charge is 0.490 e. The molecule has 18 heavy (non-hydrogen) atoms. The second-order valence-electron chi connectivity index (χ2n) is 4.95. The first-order valence-corrected chi connectivity index (χ1v) is 6.30. The van der Waals surface area contributed by atoms with Crippen LogP contribution in [-0.2, 0) is 6.42 Å². The molecule has 2 N–H and O–H groups in total. The third-order valence-corrected chi connectivity index (χ3v) is 2.56. The molecule has 0 aromatic heterocycles. The minimum absolute atomic E-state index is 0.0382. The molecule has 1 aromatic rings. The standard InChI is InChI=1S/C14H23FN2O/c1-11(16)9-12-5-6-14(13(15)10-12)18-8-4-7-17(2)3/h5-6,10-11H,4,7-9,16H2,1-3H3. The average molecular weight is 254 g/mol. The van der Waals surface area contributed by atoms with Crippen LogP contribution in [0.25, 0.3) is 0 Å². The molecule has 0 aliphatic heterocycles. The monoisotopic (exact) mass is 254 g/mol. The van der Waals surface area contributed by atoms with Crippen molar-refractivity contribution in [1.82, 2.24) is 4.90 Å². The summed E-state index contributed by atoms with van der Waals surface area (Å²) in [6.45, 7) is 3.37. The van der Waals surface area contributed by atoms with Crippen molar-refractivity contribution in [2.45, 2.75) is 25.8 Å². The number of hydrogen-bond acceptors (Lipinski definition) is 3. The Hall–Kier alpha value is -1.13. The van der Waals surface area contributed by atoms with Gasteiger partial charge in [0.25, 0.3) is 0 Å². The van der Waals surface area contributed by atoms with Crippen LogP contribution < -0.4 is 10.5 Å². The van der Waals surface area contributed by atoms with Crippen LogP contribution in [0, 0.1) is 5.82 Å². The number of benzene rings is 1. The molecule has 0 aliphatic rings. The summed E-state index contributed by atoms with van der Waals surface area (Å²) >= 11 is 0. The number of ether oxygens (including phenoxy) is 1. The van der Waals surface area contributed by atoms with Crippen molar-refractivity contribution < 1.29 is 9.13 Å². The normalized spacial score (nSPS) is 12.8. The van der Waals surface area contributed by atoms with Gasteiger partial charge >= 0.3 is 0 Å². The fourth-order valence-corrected chi connectivity index (χ4v) is 1.72. The summed E-state index contributed by atoms with van der Waals surface area (Å²) in [6.07, 6.45) is 1.56. The van der Waals surface area contributed by atoms with E-state index in [9.17, 15) is 4.39 Å². The van der Waals surface area contributed by atoms with E-state index in [-0.39, 0.29) is 11.9 Å². The minimum atomic E-state index is -0.307. The van der Waals surface area contributed by atoms with Gasteiger partial charge < -0.3 is 15.4 Å². The highest BCUT2D eigenvalue weighted by molar-refractivity contribution is 5.29. The van der Waals surface area contributed by atoms with Gasteiger partial charge in [-0.2, -0.15) is 0 Å². The summed E-state index contributed by atoms with van der Waals surface area (Å²) < 4.78 is 19.1. The zero-order valence-electron chi connectivity index (χ0n) is 11.4. The Morgan fingerprint density at radius 1 is 1.39 bits per heavy atom. The molecular formula is C14H23FN2O. The molecule has 0 bridgehead atoms. The van der Waals surface area contributed by atoms with Crippen LogP contribution in [0.1, 0.15) is 18.9 Å². The van der Waals surface area contributed by atoms with E-state index < -0.39 is 0 Å². The van der Waals surface area contributed by atoms with Crippen molar-refractivity contribution in [2.24, 2.45) is 5.73 Å². The summed E-state index contributed by atoms with van der Waals surface area (Å²) in [5, 5.41) is 0. The van der Waals surface area contributed by atoms with Crippen LogP contribution in [0.15, 0.2) is 18.2 Å². The SMILES string of the molecule is CC(N)Cc1ccc(OCCCN(C)C)c(F)c1. The van der Waals surface area contributed by atoms with Gasteiger partial charge in [-0.3, -0.25) is 0 Å². The molecule has 0 amide bonds. The third kappa shape index (κ3) is 5.47. The molecular weight excluding hydrogens is 231 g/mol. The van der Waals surface area contributed by atoms with Gasteiger partial charge in [0.2, 0.25) is 0 Å². The maximum absolute atomic E-state index is 13.7. The Morgan fingerprint density at radius 2 is 2.11 bits per heavy atom. The fourth-order valence-electron chi connectivity index (χ4n) is 1.72. The molecule has 0 fully saturated rings. The molecule has 0 radical (unpaired) electrons. The third-order valence-electron chi connectivity index (χ3n) is 2.56. The topological polar surface area (TPSA) is 38.5 Å². The average Bonchev–Trinajstić information content (AvgIpc) is 2.25.